The predicted molar refractivity (Wildman–Crippen MR) is 210 cm³/mol. The maximum Gasteiger partial charge on any atom is 0.178 e. The molecule has 254 valence electrons. The van der Waals surface area contributed by atoms with Gasteiger partial charge in [-0.05, 0) is 105 Å². The maximum atomic E-state index is 7.62. The molecule has 4 nitrogen and oxygen atoms in total. The minimum absolute atomic E-state index is 0.0232. The summed E-state index contributed by atoms with van der Waals surface area (Å²) in [6.45, 7) is 2.20. The van der Waals surface area contributed by atoms with Gasteiger partial charge < -0.3 is 18.9 Å². The molecule has 0 atom stereocenters. The zero-order valence-corrected chi connectivity index (χ0v) is 29.6. The summed E-state index contributed by atoms with van der Waals surface area (Å²) in [4.78, 5) is 0. The zero-order chi connectivity index (χ0) is 35.4. The third-order valence-corrected chi connectivity index (χ3v) is 10.9. The van der Waals surface area contributed by atoms with Crippen LogP contribution >= 0.6 is 0 Å². The monoisotopic (exact) mass is 678 g/mol. The highest BCUT2D eigenvalue weighted by molar-refractivity contribution is 6.07. The predicted octanol–water partition coefficient (Wildman–Crippen LogP) is 11.4. The van der Waals surface area contributed by atoms with Gasteiger partial charge in [-0.15, -0.1) is 0 Å². The van der Waals surface area contributed by atoms with Crippen molar-refractivity contribution in [1.82, 2.24) is 0 Å². The Labute approximate surface area is 304 Å². The van der Waals surface area contributed by atoms with Crippen LogP contribution in [0.2, 0.25) is 0 Å². The Hall–Kier alpha value is -6.26. The van der Waals surface area contributed by atoms with Crippen LogP contribution in [0.25, 0.3) is 39.1 Å². The SMILES string of the molecule is COc1ccc(C2(c3ccc(OC)cc3)C=Cc3c(C4c5ccccc5-c5ccccc54)c(-c4ccccc4C)c4ccc(OC)cc4c3O2)cc1. The van der Waals surface area contributed by atoms with Crippen molar-refractivity contribution in [3.63, 3.8) is 0 Å². The molecule has 0 bridgehead atoms. The molecule has 1 heterocycles. The molecule has 52 heavy (non-hydrogen) atoms. The van der Waals surface area contributed by atoms with E-state index >= 15 is 0 Å². The summed E-state index contributed by atoms with van der Waals surface area (Å²) in [7, 11) is 5.10. The summed E-state index contributed by atoms with van der Waals surface area (Å²) in [6.07, 6.45) is 4.52. The van der Waals surface area contributed by atoms with Crippen LogP contribution in [0.15, 0.2) is 146 Å². The number of methoxy groups -OCH3 is 3. The van der Waals surface area contributed by atoms with Crippen LogP contribution in [0.4, 0.5) is 0 Å². The van der Waals surface area contributed by atoms with Gasteiger partial charge in [0, 0.05) is 28.0 Å². The van der Waals surface area contributed by atoms with E-state index in [-0.39, 0.29) is 5.92 Å². The first-order chi connectivity index (χ1) is 25.5. The second-order valence-corrected chi connectivity index (χ2v) is 13.5. The van der Waals surface area contributed by atoms with Crippen LogP contribution in [0, 0.1) is 6.92 Å². The quantitative estimate of drug-likeness (QED) is 0.168. The number of hydrogen-bond donors (Lipinski definition) is 0. The van der Waals surface area contributed by atoms with E-state index in [0.29, 0.717) is 0 Å². The molecular formula is C48H38O4. The Balaban J connectivity index is 1.41. The van der Waals surface area contributed by atoms with Gasteiger partial charge in [-0.2, -0.15) is 0 Å². The van der Waals surface area contributed by atoms with Crippen LogP contribution in [0.1, 0.15) is 44.9 Å². The molecule has 4 heteroatoms. The smallest absolute Gasteiger partial charge is 0.178 e. The Bertz CT molecular complexity index is 2420. The van der Waals surface area contributed by atoms with Gasteiger partial charge >= 0.3 is 0 Å². The van der Waals surface area contributed by atoms with Gasteiger partial charge in [0.15, 0.2) is 5.60 Å². The molecule has 0 unspecified atom stereocenters. The molecule has 0 saturated heterocycles. The Kier molecular flexibility index (Phi) is 7.62. The van der Waals surface area contributed by atoms with Crippen molar-refractivity contribution < 1.29 is 18.9 Å². The topological polar surface area (TPSA) is 36.9 Å². The first kappa shape index (κ1) is 31.7. The molecule has 0 radical (unpaired) electrons. The van der Waals surface area contributed by atoms with Crippen molar-refractivity contribution in [3.05, 3.63) is 185 Å². The molecule has 9 rings (SSSR count). The van der Waals surface area contributed by atoms with Crippen molar-refractivity contribution in [1.29, 1.82) is 0 Å². The normalized spacial score (nSPS) is 13.9. The van der Waals surface area contributed by atoms with Gasteiger partial charge in [0.2, 0.25) is 0 Å². The van der Waals surface area contributed by atoms with Crippen LogP contribution in [-0.2, 0) is 5.60 Å². The fourth-order valence-corrected chi connectivity index (χ4v) is 8.34. The van der Waals surface area contributed by atoms with E-state index < -0.39 is 5.60 Å². The van der Waals surface area contributed by atoms with Crippen molar-refractivity contribution in [3.8, 4) is 45.3 Å². The molecule has 7 aromatic rings. The Morgan fingerprint density at radius 1 is 0.538 bits per heavy atom. The summed E-state index contributed by atoms with van der Waals surface area (Å²) >= 11 is 0. The van der Waals surface area contributed by atoms with Gasteiger partial charge in [-0.1, -0.05) is 103 Å². The number of ether oxygens (including phenoxy) is 4. The van der Waals surface area contributed by atoms with Crippen LogP contribution in [0.3, 0.4) is 0 Å². The minimum atomic E-state index is -0.950. The van der Waals surface area contributed by atoms with Gasteiger partial charge in [-0.25, -0.2) is 0 Å². The van der Waals surface area contributed by atoms with Gasteiger partial charge in [0.1, 0.15) is 23.0 Å². The summed E-state index contributed by atoms with van der Waals surface area (Å²) < 4.78 is 24.6. The molecular weight excluding hydrogens is 641 g/mol. The molecule has 0 spiro atoms. The molecule has 0 fully saturated rings. The third-order valence-electron chi connectivity index (χ3n) is 10.9. The zero-order valence-electron chi connectivity index (χ0n) is 29.6. The number of benzene rings is 7. The maximum absolute atomic E-state index is 7.62. The van der Waals surface area contributed by atoms with E-state index in [0.717, 1.165) is 50.5 Å². The molecule has 7 aromatic carbocycles. The van der Waals surface area contributed by atoms with Gasteiger partial charge in [-0.3, -0.25) is 0 Å². The first-order valence-electron chi connectivity index (χ1n) is 17.6. The van der Waals surface area contributed by atoms with Crippen LogP contribution in [0.5, 0.6) is 23.0 Å². The highest BCUT2D eigenvalue weighted by atomic mass is 16.5. The lowest BCUT2D eigenvalue weighted by Gasteiger charge is -2.38. The van der Waals surface area contributed by atoms with E-state index in [1.807, 2.05) is 24.3 Å². The van der Waals surface area contributed by atoms with Gasteiger partial charge in [0.25, 0.3) is 0 Å². The fourth-order valence-electron chi connectivity index (χ4n) is 8.34. The minimum Gasteiger partial charge on any atom is -0.497 e. The molecule has 1 aliphatic heterocycles. The Morgan fingerprint density at radius 3 is 1.62 bits per heavy atom. The van der Waals surface area contributed by atoms with Crippen molar-refractivity contribution in [2.24, 2.45) is 0 Å². The van der Waals surface area contributed by atoms with E-state index in [4.69, 9.17) is 18.9 Å². The highest BCUT2D eigenvalue weighted by Crippen LogP contribution is 2.57. The lowest BCUT2D eigenvalue weighted by Crippen LogP contribution is -2.34. The van der Waals surface area contributed by atoms with Crippen molar-refractivity contribution in [2.45, 2.75) is 18.4 Å². The second-order valence-electron chi connectivity index (χ2n) is 13.5. The second kappa shape index (κ2) is 12.5. The van der Waals surface area contributed by atoms with E-state index in [1.54, 1.807) is 21.3 Å². The lowest BCUT2D eigenvalue weighted by molar-refractivity contribution is 0.163. The lowest BCUT2D eigenvalue weighted by atomic mass is 9.76. The molecule has 1 aliphatic carbocycles. The molecule has 0 N–H and O–H groups in total. The van der Waals surface area contributed by atoms with Crippen molar-refractivity contribution >= 4 is 16.8 Å². The third kappa shape index (κ3) is 4.82. The highest BCUT2D eigenvalue weighted by Gasteiger charge is 2.42. The number of aryl methyl sites for hydroxylation is 1. The largest absolute Gasteiger partial charge is 0.497 e. The van der Waals surface area contributed by atoms with E-state index in [1.165, 1.54) is 44.5 Å². The first-order valence-corrected chi connectivity index (χ1v) is 17.6. The molecule has 0 amide bonds. The number of rotatable bonds is 7. The van der Waals surface area contributed by atoms with Crippen molar-refractivity contribution in [2.75, 3.05) is 21.3 Å². The number of hydrogen-bond acceptors (Lipinski definition) is 4. The Morgan fingerprint density at radius 2 is 1.06 bits per heavy atom. The van der Waals surface area contributed by atoms with Crippen LogP contribution in [-0.4, -0.2) is 21.3 Å². The van der Waals surface area contributed by atoms with Crippen LogP contribution < -0.4 is 18.9 Å². The summed E-state index contributed by atoms with van der Waals surface area (Å²) in [5, 5.41) is 2.10. The average Bonchev–Trinajstić information content (AvgIpc) is 3.54. The van der Waals surface area contributed by atoms with E-state index in [9.17, 15) is 0 Å². The van der Waals surface area contributed by atoms with Gasteiger partial charge in [0.05, 0.1) is 21.3 Å². The van der Waals surface area contributed by atoms with E-state index in [2.05, 4.69) is 134 Å². The summed E-state index contributed by atoms with van der Waals surface area (Å²) in [6, 6.07) is 49.1. The molecule has 0 aromatic heterocycles. The molecule has 0 saturated carbocycles. The fraction of sp³-hybridized carbons (Fsp3) is 0.125. The average molecular weight is 679 g/mol. The number of fused-ring (bicyclic) bond motifs is 6. The summed E-state index contributed by atoms with van der Waals surface area (Å²) in [5.41, 5.74) is 12.1. The summed E-state index contributed by atoms with van der Waals surface area (Å²) in [5.74, 6) is 3.13. The molecule has 2 aliphatic rings. The standard InChI is InChI=1S/C48H38O4/c1-30-11-5-6-12-36(30)44-41-26-25-35(51-4)29-43(41)47-42(46(44)45-39-15-9-7-13-37(39)38-14-8-10-16-40(38)45)27-28-48(52-47,31-17-21-33(49-2)22-18-31)32-19-23-34(50-3)24-20-32/h5-29,45H,1-4H3.